The van der Waals surface area contributed by atoms with Gasteiger partial charge in [-0.15, -0.1) is 12.4 Å². The number of nitrogens with two attached hydrogens (primary N) is 1. The summed E-state index contributed by atoms with van der Waals surface area (Å²) in [5.41, 5.74) is 7.64. The molecule has 4 rings (SSSR count). The molecular weight excluding hydrogens is 381 g/mol. The van der Waals surface area contributed by atoms with Gasteiger partial charge in [0.2, 0.25) is 11.8 Å². The van der Waals surface area contributed by atoms with Crippen LogP contribution in [-0.2, 0) is 9.59 Å². The average Bonchev–Trinajstić information content (AvgIpc) is 3.25. The van der Waals surface area contributed by atoms with E-state index in [4.69, 9.17) is 5.73 Å². The number of amides is 2. The molecule has 2 amide bonds. The molecule has 0 aromatic heterocycles. The molecule has 2 saturated heterocycles. The van der Waals surface area contributed by atoms with Gasteiger partial charge in [-0.2, -0.15) is 0 Å². The Balaban J connectivity index is 0.00000225. The lowest BCUT2D eigenvalue weighted by Gasteiger charge is -2.21. The number of likely N-dealkylation sites (tertiary alicyclic amines) is 1. The number of benzene rings is 2. The summed E-state index contributed by atoms with van der Waals surface area (Å²) in [5, 5.41) is 0. The molecule has 2 heterocycles. The Hall–Kier alpha value is -2.44. The molecular formula is C21H23ClFN3O2. The van der Waals surface area contributed by atoms with Gasteiger partial charge in [0.05, 0.1) is 11.6 Å². The van der Waals surface area contributed by atoms with Gasteiger partial charge in [0.1, 0.15) is 5.82 Å². The molecule has 0 aliphatic carbocycles. The van der Waals surface area contributed by atoms with Crippen LogP contribution in [0.3, 0.4) is 0 Å². The summed E-state index contributed by atoms with van der Waals surface area (Å²) in [6.07, 6.45) is 0.106. The molecule has 2 aromatic carbocycles. The summed E-state index contributed by atoms with van der Waals surface area (Å²) in [5.74, 6) is -1.11. The highest BCUT2D eigenvalue weighted by Gasteiger charge is 2.41. The van der Waals surface area contributed by atoms with E-state index in [1.54, 1.807) is 23.1 Å². The van der Waals surface area contributed by atoms with Crippen LogP contribution in [0.25, 0.3) is 0 Å². The zero-order chi connectivity index (χ0) is 19.0. The highest BCUT2D eigenvalue weighted by Crippen LogP contribution is 2.31. The molecule has 28 heavy (non-hydrogen) atoms. The maximum absolute atomic E-state index is 14.0. The standard InChI is InChI=1S/C21H22FN3O2.ClH/c22-17-8-4-5-9-19(17)25-11-15(10-20(25)26)21(27)24-12-16(18(23)13-24)14-6-2-1-3-7-14;/h1-9,15-16,18H,10-13,23H2;1H/t15?,16-,18+;/m0./s1. The molecule has 2 aliphatic heterocycles. The van der Waals surface area contributed by atoms with Crippen LogP contribution >= 0.6 is 12.4 Å². The molecule has 2 aromatic rings. The monoisotopic (exact) mass is 403 g/mol. The number of hydrogen-bond acceptors (Lipinski definition) is 3. The highest BCUT2D eigenvalue weighted by atomic mass is 35.5. The van der Waals surface area contributed by atoms with Crippen molar-refractivity contribution in [2.75, 3.05) is 24.5 Å². The Morgan fingerprint density at radius 3 is 2.39 bits per heavy atom. The van der Waals surface area contributed by atoms with E-state index in [0.29, 0.717) is 13.1 Å². The zero-order valence-corrected chi connectivity index (χ0v) is 16.1. The average molecular weight is 404 g/mol. The summed E-state index contributed by atoms with van der Waals surface area (Å²) in [6.45, 7) is 1.23. The first kappa shape index (κ1) is 20.3. The zero-order valence-electron chi connectivity index (χ0n) is 15.3. The van der Waals surface area contributed by atoms with Crippen LogP contribution in [0.2, 0.25) is 0 Å². The van der Waals surface area contributed by atoms with E-state index in [1.165, 1.54) is 11.0 Å². The lowest BCUT2D eigenvalue weighted by Crippen LogP contribution is -2.37. The summed E-state index contributed by atoms with van der Waals surface area (Å²) in [6, 6.07) is 16.0. The van der Waals surface area contributed by atoms with Gasteiger partial charge in [-0.05, 0) is 17.7 Å². The maximum atomic E-state index is 14.0. The van der Waals surface area contributed by atoms with Gasteiger partial charge < -0.3 is 15.5 Å². The highest BCUT2D eigenvalue weighted by molar-refractivity contribution is 6.00. The Morgan fingerprint density at radius 1 is 1.00 bits per heavy atom. The molecule has 3 atom stereocenters. The van der Waals surface area contributed by atoms with Gasteiger partial charge >= 0.3 is 0 Å². The first-order chi connectivity index (χ1) is 13.0. The molecule has 7 heteroatoms. The van der Waals surface area contributed by atoms with Crippen molar-refractivity contribution in [3.8, 4) is 0 Å². The molecule has 1 unspecified atom stereocenters. The quantitative estimate of drug-likeness (QED) is 0.856. The SMILES string of the molecule is Cl.N[C@@H]1CN(C(=O)C2CC(=O)N(c3ccccc3F)C2)C[C@H]1c1ccccc1. The van der Waals surface area contributed by atoms with Crippen molar-refractivity contribution < 1.29 is 14.0 Å². The molecule has 0 bridgehead atoms. The van der Waals surface area contributed by atoms with Gasteiger partial charge in [0.15, 0.2) is 0 Å². The second kappa shape index (κ2) is 8.29. The number of anilines is 1. The van der Waals surface area contributed by atoms with Crippen LogP contribution in [0, 0.1) is 11.7 Å². The van der Waals surface area contributed by atoms with Crippen LogP contribution in [0.4, 0.5) is 10.1 Å². The van der Waals surface area contributed by atoms with E-state index in [9.17, 15) is 14.0 Å². The van der Waals surface area contributed by atoms with Crippen molar-refractivity contribution in [2.45, 2.75) is 18.4 Å². The Bertz CT molecular complexity index is 864. The second-order valence-corrected chi connectivity index (χ2v) is 7.28. The summed E-state index contributed by atoms with van der Waals surface area (Å²) in [4.78, 5) is 28.5. The Kier molecular flexibility index (Phi) is 6.01. The number of rotatable bonds is 3. The fourth-order valence-electron chi connectivity index (χ4n) is 4.10. The van der Waals surface area contributed by atoms with Crippen LogP contribution in [-0.4, -0.2) is 42.4 Å². The predicted octanol–water partition coefficient (Wildman–Crippen LogP) is 2.55. The maximum Gasteiger partial charge on any atom is 0.228 e. The number of nitrogens with zero attached hydrogens (tertiary/aromatic N) is 2. The molecule has 5 nitrogen and oxygen atoms in total. The van der Waals surface area contributed by atoms with Gasteiger partial charge in [0, 0.05) is 38.0 Å². The van der Waals surface area contributed by atoms with E-state index < -0.39 is 11.7 Å². The minimum absolute atomic E-state index is 0. The third-order valence-corrected chi connectivity index (χ3v) is 5.52. The van der Waals surface area contributed by atoms with Crippen molar-refractivity contribution in [1.82, 2.24) is 4.90 Å². The number of hydrogen-bond donors (Lipinski definition) is 1. The summed E-state index contributed by atoms with van der Waals surface area (Å²) in [7, 11) is 0. The van der Waals surface area contributed by atoms with Crippen molar-refractivity contribution in [3.05, 3.63) is 66.0 Å². The summed E-state index contributed by atoms with van der Waals surface area (Å²) >= 11 is 0. The topological polar surface area (TPSA) is 66.6 Å². The molecule has 0 saturated carbocycles. The smallest absolute Gasteiger partial charge is 0.228 e. The van der Waals surface area contributed by atoms with Gasteiger partial charge in [0.25, 0.3) is 0 Å². The number of halogens is 2. The molecule has 2 fully saturated rings. The van der Waals surface area contributed by atoms with Gasteiger partial charge in [-0.1, -0.05) is 42.5 Å². The van der Waals surface area contributed by atoms with Crippen molar-refractivity contribution >= 4 is 29.9 Å². The van der Waals surface area contributed by atoms with Crippen LogP contribution < -0.4 is 10.6 Å². The van der Waals surface area contributed by atoms with Crippen molar-refractivity contribution in [1.29, 1.82) is 0 Å². The second-order valence-electron chi connectivity index (χ2n) is 7.28. The Morgan fingerprint density at radius 2 is 1.68 bits per heavy atom. The summed E-state index contributed by atoms with van der Waals surface area (Å²) < 4.78 is 14.0. The Labute approximate surface area is 169 Å². The van der Waals surface area contributed by atoms with Gasteiger partial charge in [-0.25, -0.2) is 4.39 Å². The molecule has 2 aliphatic rings. The molecule has 0 radical (unpaired) electrons. The molecule has 0 spiro atoms. The third kappa shape index (κ3) is 3.75. The number of carbonyl (C=O) groups excluding carboxylic acids is 2. The number of carbonyl (C=O) groups is 2. The largest absolute Gasteiger partial charge is 0.340 e. The third-order valence-electron chi connectivity index (χ3n) is 5.52. The lowest BCUT2D eigenvalue weighted by molar-refractivity contribution is -0.134. The fourth-order valence-corrected chi connectivity index (χ4v) is 4.10. The van der Waals surface area contributed by atoms with E-state index in [2.05, 4.69) is 0 Å². The van der Waals surface area contributed by atoms with Crippen LogP contribution in [0.15, 0.2) is 54.6 Å². The normalized spacial score (nSPS) is 24.4. The predicted molar refractivity (Wildman–Crippen MR) is 108 cm³/mol. The van der Waals surface area contributed by atoms with E-state index in [0.717, 1.165) is 5.56 Å². The first-order valence-electron chi connectivity index (χ1n) is 9.19. The lowest BCUT2D eigenvalue weighted by atomic mass is 9.95. The van der Waals surface area contributed by atoms with E-state index >= 15 is 0 Å². The van der Waals surface area contributed by atoms with Crippen molar-refractivity contribution in [2.24, 2.45) is 11.7 Å². The minimum atomic E-state index is -0.459. The molecule has 148 valence electrons. The fraction of sp³-hybridized carbons (Fsp3) is 0.333. The van der Waals surface area contributed by atoms with E-state index in [-0.39, 0.29) is 54.8 Å². The number of para-hydroxylation sites is 1. The van der Waals surface area contributed by atoms with Crippen molar-refractivity contribution in [3.63, 3.8) is 0 Å². The van der Waals surface area contributed by atoms with Crippen LogP contribution in [0.5, 0.6) is 0 Å². The first-order valence-corrected chi connectivity index (χ1v) is 9.19. The molecule has 2 N–H and O–H groups in total. The van der Waals surface area contributed by atoms with Gasteiger partial charge in [-0.3, -0.25) is 9.59 Å². The van der Waals surface area contributed by atoms with E-state index in [1.807, 2.05) is 30.3 Å². The minimum Gasteiger partial charge on any atom is -0.340 e. The van der Waals surface area contributed by atoms with Crippen LogP contribution in [0.1, 0.15) is 17.9 Å².